The molecule has 6 heteroatoms. The van der Waals surface area contributed by atoms with Crippen molar-refractivity contribution in [3.63, 3.8) is 0 Å². The van der Waals surface area contributed by atoms with Crippen molar-refractivity contribution in [3.05, 3.63) is 21.9 Å². The molecular formula is C11H16N2O3S. The molecule has 5 nitrogen and oxygen atoms in total. The molecule has 0 aliphatic carbocycles. The number of aliphatic carboxylic acids is 1. The Morgan fingerprint density at radius 2 is 2.18 bits per heavy atom. The first-order chi connectivity index (χ1) is 7.91. The summed E-state index contributed by atoms with van der Waals surface area (Å²) in [5.74, 6) is -1.02. The number of carboxylic acid groups (broad SMARTS) is 1. The Kier molecular flexibility index (Phi) is 4.51. The van der Waals surface area contributed by atoms with Crippen molar-refractivity contribution in [2.45, 2.75) is 26.4 Å². The normalized spacial score (nSPS) is 11.9. The van der Waals surface area contributed by atoms with Crippen molar-refractivity contribution in [2.24, 2.45) is 0 Å². The van der Waals surface area contributed by atoms with E-state index in [1.165, 1.54) is 23.7 Å². The first kappa shape index (κ1) is 13.5. The molecule has 1 unspecified atom stereocenters. The molecule has 0 aliphatic rings. The van der Waals surface area contributed by atoms with Crippen LogP contribution in [0.25, 0.3) is 0 Å². The summed E-state index contributed by atoms with van der Waals surface area (Å²) in [5.41, 5.74) is 0. The van der Waals surface area contributed by atoms with E-state index in [2.05, 4.69) is 5.32 Å². The quantitative estimate of drug-likeness (QED) is 0.861. The maximum atomic E-state index is 11.6. The van der Waals surface area contributed by atoms with E-state index >= 15 is 0 Å². The second kappa shape index (κ2) is 5.67. The molecule has 0 aromatic carbocycles. The maximum Gasteiger partial charge on any atom is 0.326 e. The number of carbonyl (C=O) groups excluding carboxylic acids is 1. The van der Waals surface area contributed by atoms with Gasteiger partial charge in [-0.05, 0) is 26.0 Å². The molecule has 0 saturated carbocycles. The number of amides is 2. The van der Waals surface area contributed by atoms with E-state index in [4.69, 9.17) is 5.11 Å². The van der Waals surface area contributed by atoms with Crippen LogP contribution in [-0.2, 0) is 11.3 Å². The van der Waals surface area contributed by atoms with Crippen LogP contribution >= 0.6 is 11.3 Å². The standard InChI is InChI=1S/C11H16N2O3S/c1-7-4-5-9(17-7)6-12-11(16)13(3)8(2)10(14)15/h4-5,8H,6H2,1-3H3,(H,12,16)(H,14,15). The lowest BCUT2D eigenvalue weighted by Gasteiger charge is -2.21. The lowest BCUT2D eigenvalue weighted by molar-refractivity contribution is -0.141. The Labute approximate surface area is 104 Å². The SMILES string of the molecule is Cc1ccc(CNC(=O)N(C)C(C)C(=O)O)s1. The lowest BCUT2D eigenvalue weighted by Crippen LogP contribution is -2.45. The maximum absolute atomic E-state index is 11.6. The van der Waals surface area contributed by atoms with E-state index in [0.717, 1.165) is 4.88 Å². The zero-order valence-corrected chi connectivity index (χ0v) is 10.9. The van der Waals surface area contributed by atoms with Gasteiger partial charge in [0, 0.05) is 16.8 Å². The van der Waals surface area contributed by atoms with Crippen LogP contribution < -0.4 is 5.32 Å². The van der Waals surface area contributed by atoms with Crippen LogP contribution in [0.3, 0.4) is 0 Å². The number of hydrogen-bond donors (Lipinski definition) is 2. The van der Waals surface area contributed by atoms with E-state index < -0.39 is 12.0 Å². The van der Waals surface area contributed by atoms with E-state index in [1.54, 1.807) is 11.3 Å². The minimum atomic E-state index is -1.02. The summed E-state index contributed by atoms with van der Waals surface area (Å²) in [6.07, 6.45) is 0. The monoisotopic (exact) mass is 256 g/mol. The number of carboxylic acids is 1. The highest BCUT2D eigenvalue weighted by Gasteiger charge is 2.21. The van der Waals surface area contributed by atoms with E-state index in [-0.39, 0.29) is 6.03 Å². The number of nitrogens with zero attached hydrogens (tertiary/aromatic N) is 1. The van der Waals surface area contributed by atoms with E-state index in [1.807, 2.05) is 19.1 Å². The molecule has 0 radical (unpaired) electrons. The summed E-state index contributed by atoms with van der Waals surface area (Å²) in [6, 6.07) is 2.71. The molecule has 1 heterocycles. The van der Waals surface area contributed by atoms with Crippen LogP contribution in [0.15, 0.2) is 12.1 Å². The summed E-state index contributed by atoms with van der Waals surface area (Å²) in [5, 5.41) is 11.5. The Morgan fingerprint density at radius 3 is 2.65 bits per heavy atom. The van der Waals surface area contributed by atoms with Crippen molar-refractivity contribution >= 4 is 23.3 Å². The van der Waals surface area contributed by atoms with Crippen LogP contribution in [0, 0.1) is 6.92 Å². The van der Waals surface area contributed by atoms with Crippen molar-refractivity contribution < 1.29 is 14.7 Å². The van der Waals surface area contributed by atoms with Crippen LogP contribution in [0.4, 0.5) is 4.79 Å². The summed E-state index contributed by atoms with van der Waals surface area (Å²) in [6.45, 7) is 3.89. The van der Waals surface area contributed by atoms with Gasteiger partial charge in [0.2, 0.25) is 0 Å². The number of aryl methyl sites for hydroxylation is 1. The molecule has 1 rings (SSSR count). The fraction of sp³-hybridized carbons (Fsp3) is 0.455. The second-order valence-corrected chi connectivity index (χ2v) is 5.17. The van der Waals surface area contributed by atoms with Gasteiger partial charge in [-0.1, -0.05) is 0 Å². The third kappa shape index (κ3) is 3.74. The van der Waals surface area contributed by atoms with Gasteiger partial charge in [-0.2, -0.15) is 0 Å². The summed E-state index contributed by atoms with van der Waals surface area (Å²) >= 11 is 1.61. The molecule has 17 heavy (non-hydrogen) atoms. The van der Waals surface area contributed by atoms with Crippen LogP contribution in [0.2, 0.25) is 0 Å². The molecule has 2 N–H and O–H groups in total. The minimum Gasteiger partial charge on any atom is -0.480 e. The Bertz CT molecular complexity index is 417. The summed E-state index contributed by atoms with van der Waals surface area (Å²) in [7, 11) is 1.47. The number of carbonyl (C=O) groups is 2. The number of hydrogen-bond acceptors (Lipinski definition) is 3. The number of nitrogens with one attached hydrogen (secondary N) is 1. The molecule has 0 fully saturated rings. The van der Waals surface area contributed by atoms with Gasteiger partial charge >= 0.3 is 12.0 Å². The van der Waals surface area contributed by atoms with Crippen molar-refractivity contribution in [2.75, 3.05) is 7.05 Å². The van der Waals surface area contributed by atoms with Crippen molar-refractivity contribution in [1.82, 2.24) is 10.2 Å². The molecule has 1 aromatic rings. The molecule has 1 atom stereocenters. The van der Waals surface area contributed by atoms with Crippen LogP contribution in [0.5, 0.6) is 0 Å². The molecule has 2 amide bonds. The average molecular weight is 256 g/mol. The highest BCUT2D eigenvalue weighted by atomic mass is 32.1. The smallest absolute Gasteiger partial charge is 0.326 e. The topological polar surface area (TPSA) is 69.6 Å². The van der Waals surface area contributed by atoms with Gasteiger partial charge in [-0.25, -0.2) is 9.59 Å². The zero-order valence-electron chi connectivity index (χ0n) is 10.1. The first-order valence-electron chi connectivity index (χ1n) is 5.20. The molecule has 0 aliphatic heterocycles. The Morgan fingerprint density at radius 1 is 1.53 bits per heavy atom. The van der Waals surface area contributed by atoms with Gasteiger partial charge in [0.05, 0.1) is 6.54 Å². The predicted molar refractivity (Wildman–Crippen MR) is 66.2 cm³/mol. The molecule has 0 spiro atoms. The zero-order chi connectivity index (χ0) is 13.0. The third-order valence-electron chi connectivity index (χ3n) is 2.47. The van der Waals surface area contributed by atoms with Crippen LogP contribution in [-0.4, -0.2) is 35.1 Å². The van der Waals surface area contributed by atoms with Gasteiger partial charge in [0.1, 0.15) is 6.04 Å². The van der Waals surface area contributed by atoms with Crippen molar-refractivity contribution in [3.8, 4) is 0 Å². The van der Waals surface area contributed by atoms with E-state index in [0.29, 0.717) is 6.54 Å². The summed E-state index contributed by atoms with van der Waals surface area (Å²) in [4.78, 5) is 25.7. The fourth-order valence-electron chi connectivity index (χ4n) is 1.21. The number of rotatable bonds is 4. The molecule has 0 saturated heterocycles. The third-order valence-corrected chi connectivity index (χ3v) is 3.47. The average Bonchev–Trinajstić information content (AvgIpc) is 2.69. The van der Waals surface area contributed by atoms with Crippen LogP contribution in [0.1, 0.15) is 16.7 Å². The molecular weight excluding hydrogens is 240 g/mol. The summed E-state index contributed by atoms with van der Waals surface area (Å²) < 4.78 is 0. The van der Waals surface area contributed by atoms with Gasteiger partial charge in [0.25, 0.3) is 0 Å². The van der Waals surface area contributed by atoms with Crippen molar-refractivity contribution in [1.29, 1.82) is 0 Å². The number of urea groups is 1. The highest BCUT2D eigenvalue weighted by Crippen LogP contribution is 2.14. The molecule has 0 bridgehead atoms. The first-order valence-corrected chi connectivity index (χ1v) is 6.02. The largest absolute Gasteiger partial charge is 0.480 e. The molecule has 1 aromatic heterocycles. The Balaban J connectivity index is 2.47. The van der Waals surface area contributed by atoms with Gasteiger partial charge in [-0.15, -0.1) is 11.3 Å². The lowest BCUT2D eigenvalue weighted by atomic mass is 10.3. The predicted octanol–water partition coefficient (Wildman–Crippen LogP) is 1.67. The van der Waals surface area contributed by atoms with E-state index in [9.17, 15) is 9.59 Å². The fourth-order valence-corrected chi connectivity index (χ4v) is 2.04. The van der Waals surface area contributed by atoms with Gasteiger partial charge < -0.3 is 15.3 Å². The second-order valence-electron chi connectivity index (χ2n) is 3.80. The Hall–Kier alpha value is -1.56. The number of thiophene rings is 1. The highest BCUT2D eigenvalue weighted by molar-refractivity contribution is 7.11. The number of likely N-dealkylation sites (N-methyl/N-ethyl adjacent to an activating group) is 1. The molecule has 94 valence electrons. The van der Waals surface area contributed by atoms with Gasteiger partial charge in [-0.3, -0.25) is 0 Å². The van der Waals surface area contributed by atoms with Gasteiger partial charge in [0.15, 0.2) is 0 Å². The minimum absolute atomic E-state index is 0.383.